The Hall–Kier alpha value is -5.83. The van der Waals surface area contributed by atoms with Crippen LogP contribution >= 0.6 is 11.8 Å². The molecule has 0 fully saturated rings. The quantitative estimate of drug-likeness (QED) is 0.188. The first kappa shape index (κ1) is 28.2. The maximum Gasteiger partial charge on any atom is 0.0735 e. The number of hydrogen-bond donors (Lipinski definition) is 0. The molecule has 1 spiro atoms. The number of nitrogens with zero attached hydrogens (tertiary/aromatic N) is 1. The lowest BCUT2D eigenvalue weighted by molar-refractivity contribution is 0.722. The van der Waals surface area contributed by atoms with Crippen molar-refractivity contribution in [2.75, 3.05) is 4.90 Å². The monoisotopic (exact) mass is 641 g/mol. The van der Waals surface area contributed by atoms with E-state index in [1.807, 2.05) is 11.8 Å². The highest BCUT2D eigenvalue weighted by atomic mass is 32.2. The first-order chi connectivity index (χ1) is 24.3. The minimum absolute atomic E-state index is 0.374. The molecular weight excluding hydrogens is 611 g/mol. The van der Waals surface area contributed by atoms with E-state index in [0.717, 1.165) is 17.1 Å². The summed E-state index contributed by atoms with van der Waals surface area (Å²) in [4.78, 5) is 4.98. The molecule has 0 radical (unpaired) electrons. The van der Waals surface area contributed by atoms with Crippen LogP contribution in [0, 0.1) is 0 Å². The Bertz CT molecular complexity index is 2480. The van der Waals surface area contributed by atoms with Crippen molar-refractivity contribution in [2.45, 2.75) is 15.2 Å². The number of anilines is 3. The highest BCUT2D eigenvalue weighted by Crippen LogP contribution is 2.62. The zero-order valence-electron chi connectivity index (χ0n) is 26.8. The summed E-state index contributed by atoms with van der Waals surface area (Å²) in [5.41, 5.74) is 13.6. The lowest BCUT2D eigenvalue weighted by Crippen LogP contribution is -2.32. The second-order valence-electron chi connectivity index (χ2n) is 12.9. The van der Waals surface area contributed by atoms with Crippen molar-refractivity contribution in [2.24, 2.45) is 0 Å². The lowest BCUT2D eigenvalue weighted by atomic mass is 9.67. The molecule has 2 heteroatoms. The van der Waals surface area contributed by atoms with Crippen molar-refractivity contribution < 1.29 is 0 Å². The van der Waals surface area contributed by atoms with Gasteiger partial charge in [-0.15, -0.1) is 0 Å². The predicted molar refractivity (Wildman–Crippen MR) is 205 cm³/mol. The topological polar surface area (TPSA) is 3.24 Å². The van der Waals surface area contributed by atoms with Gasteiger partial charge < -0.3 is 4.90 Å². The van der Waals surface area contributed by atoms with Crippen LogP contribution in [0.1, 0.15) is 22.3 Å². The zero-order valence-corrected chi connectivity index (χ0v) is 27.6. The van der Waals surface area contributed by atoms with Crippen molar-refractivity contribution in [1.82, 2.24) is 0 Å². The van der Waals surface area contributed by atoms with E-state index in [9.17, 15) is 0 Å². The van der Waals surface area contributed by atoms with E-state index < -0.39 is 0 Å². The molecule has 8 aromatic rings. The number of hydrogen-bond acceptors (Lipinski definition) is 2. The molecule has 0 N–H and O–H groups in total. The van der Waals surface area contributed by atoms with E-state index in [4.69, 9.17) is 0 Å². The van der Waals surface area contributed by atoms with Crippen LogP contribution in [0.4, 0.5) is 17.1 Å². The molecule has 8 aromatic carbocycles. The summed E-state index contributed by atoms with van der Waals surface area (Å²) in [6.45, 7) is 0. The van der Waals surface area contributed by atoms with Gasteiger partial charge in [-0.1, -0.05) is 157 Å². The summed E-state index contributed by atoms with van der Waals surface area (Å²) in [5, 5.41) is 2.53. The number of fused-ring (bicyclic) bond motifs is 10. The van der Waals surface area contributed by atoms with Crippen LogP contribution in [-0.2, 0) is 5.41 Å². The van der Waals surface area contributed by atoms with Gasteiger partial charge in [0.15, 0.2) is 0 Å². The van der Waals surface area contributed by atoms with E-state index in [-0.39, 0.29) is 5.41 Å². The third kappa shape index (κ3) is 4.21. The molecule has 0 unspecified atom stereocenters. The Kier molecular flexibility index (Phi) is 6.40. The van der Waals surface area contributed by atoms with Crippen LogP contribution in [0.25, 0.3) is 33.0 Å². The molecule has 1 heterocycles. The minimum atomic E-state index is -0.374. The van der Waals surface area contributed by atoms with E-state index in [0.29, 0.717) is 0 Å². The van der Waals surface area contributed by atoms with Crippen molar-refractivity contribution in [3.05, 3.63) is 210 Å². The Balaban J connectivity index is 1.15. The first-order valence-electron chi connectivity index (χ1n) is 16.9. The van der Waals surface area contributed by atoms with Crippen molar-refractivity contribution in [3.8, 4) is 22.3 Å². The summed E-state index contributed by atoms with van der Waals surface area (Å²) >= 11 is 1.89. The summed E-state index contributed by atoms with van der Waals surface area (Å²) in [6, 6.07) is 69.1. The highest BCUT2D eigenvalue weighted by molar-refractivity contribution is 7.99. The first-order valence-corrected chi connectivity index (χ1v) is 17.7. The molecule has 0 amide bonds. The Morgan fingerprint density at radius 3 is 1.69 bits per heavy atom. The second kappa shape index (κ2) is 11.1. The van der Waals surface area contributed by atoms with Crippen LogP contribution in [0.15, 0.2) is 198 Å². The van der Waals surface area contributed by atoms with Gasteiger partial charge in [-0.25, -0.2) is 0 Å². The smallest absolute Gasteiger partial charge is 0.0735 e. The van der Waals surface area contributed by atoms with Crippen molar-refractivity contribution in [1.29, 1.82) is 0 Å². The van der Waals surface area contributed by atoms with E-state index in [1.54, 1.807) is 0 Å². The normalized spacial score (nSPS) is 13.4. The van der Waals surface area contributed by atoms with Crippen molar-refractivity contribution in [3.63, 3.8) is 0 Å². The molecule has 1 aliphatic carbocycles. The van der Waals surface area contributed by atoms with Gasteiger partial charge in [0.2, 0.25) is 0 Å². The fraction of sp³-hybridized carbons (Fsp3) is 0.0213. The Morgan fingerprint density at radius 1 is 0.367 bits per heavy atom. The van der Waals surface area contributed by atoms with Crippen molar-refractivity contribution >= 4 is 39.6 Å². The van der Waals surface area contributed by atoms with E-state index in [2.05, 4.69) is 193 Å². The molecule has 0 atom stereocenters. The summed E-state index contributed by atoms with van der Waals surface area (Å²) < 4.78 is 0. The Morgan fingerprint density at radius 2 is 0.918 bits per heavy atom. The van der Waals surface area contributed by atoms with Crippen LogP contribution in [0.3, 0.4) is 0 Å². The molecule has 0 bridgehead atoms. The number of para-hydroxylation sites is 1. The Labute approximate surface area is 291 Å². The van der Waals surface area contributed by atoms with Gasteiger partial charge in [0, 0.05) is 26.9 Å². The van der Waals surface area contributed by atoms with Gasteiger partial charge in [-0.3, -0.25) is 0 Å². The number of benzene rings is 8. The summed E-state index contributed by atoms with van der Waals surface area (Å²) in [5.74, 6) is 0. The molecule has 0 saturated carbocycles. The van der Waals surface area contributed by atoms with E-state index >= 15 is 0 Å². The fourth-order valence-electron chi connectivity index (χ4n) is 8.28. The summed E-state index contributed by atoms with van der Waals surface area (Å²) in [7, 11) is 0. The molecule has 0 saturated heterocycles. The minimum Gasteiger partial charge on any atom is -0.310 e. The maximum absolute atomic E-state index is 2.41. The SMILES string of the molecule is c1ccc(N(c2ccc(-c3cccc4ccccc34)cc2)c2ccc3c(c2)Sc2ccccc2C32c3ccccc3-c3ccccc32)cc1. The molecule has 230 valence electrons. The van der Waals surface area contributed by atoms with Crippen LogP contribution in [0.2, 0.25) is 0 Å². The highest BCUT2D eigenvalue weighted by Gasteiger charge is 2.50. The number of rotatable bonds is 4. The molecule has 1 aliphatic heterocycles. The zero-order chi connectivity index (χ0) is 32.4. The molecular formula is C47H31NS. The van der Waals surface area contributed by atoms with Gasteiger partial charge in [-0.2, -0.15) is 0 Å². The average molecular weight is 642 g/mol. The third-order valence-electron chi connectivity index (χ3n) is 10.3. The standard InChI is InChI=1S/C47H31NS/c1-2-15-34(16-3-1)48(35-27-25-33(26-28-35)38-20-12-14-32-13-4-5-17-37(32)38)36-29-30-44-46(31-36)49-45-24-11-10-23-43(45)47(44)41-21-8-6-18-39(41)40-19-7-9-22-42(40)47/h1-31H. The molecule has 1 nitrogen and oxygen atoms in total. The average Bonchev–Trinajstić information content (AvgIpc) is 3.46. The van der Waals surface area contributed by atoms with Crippen LogP contribution in [0.5, 0.6) is 0 Å². The van der Waals surface area contributed by atoms with E-state index in [1.165, 1.54) is 65.1 Å². The van der Waals surface area contributed by atoms with Crippen LogP contribution in [-0.4, -0.2) is 0 Å². The molecule has 2 aliphatic rings. The molecule has 49 heavy (non-hydrogen) atoms. The van der Waals surface area contributed by atoms with Gasteiger partial charge in [-0.05, 0) is 97.7 Å². The second-order valence-corrected chi connectivity index (χ2v) is 13.9. The van der Waals surface area contributed by atoms with Gasteiger partial charge in [0.25, 0.3) is 0 Å². The summed E-state index contributed by atoms with van der Waals surface area (Å²) in [6.07, 6.45) is 0. The fourth-order valence-corrected chi connectivity index (χ4v) is 9.51. The predicted octanol–water partition coefficient (Wildman–Crippen LogP) is 12.8. The van der Waals surface area contributed by atoms with Gasteiger partial charge in [0.1, 0.15) is 0 Å². The third-order valence-corrected chi connectivity index (χ3v) is 11.5. The largest absolute Gasteiger partial charge is 0.310 e. The van der Waals surface area contributed by atoms with Crippen LogP contribution < -0.4 is 4.90 Å². The van der Waals surface area contributed by atoms with Gasteiger partial charge in [0.05, 0.1) is 5.41 Å². The molecule has 10 rings (SSSR count). The lowest BCUT2D eigenvalue weighted by Gasteiger charge is -2.40. The molecule has 0 aromatic heterocycles. The van der Waals surface area contributed by atoms with Gasteiger partial charge >= 0.3 is 0 Å². The maximum atomic E-state index is 2.41.